The molecule has 0 aromatic rings. The van der Waals surface area contributed by atoms with Gasteiger partial charge in [0.1, 0.15) is 0 Å². The van der Waals surface area contributed by atoms with Crippen LogP contribution in [0.1, 0.15) is 251 Å². The van der Waals surface area contributed by atoms with Gasteiger partial charge in [-0.3, -0.25) is 9.59 Å². The summed E-state index contributed by atoms with van der Waals surface area (Å²) >= 11 is 0. The van der Waals surface area contributed by atoms with E-state index >= 15 is 0 Å². The molecule has 0 aliphatic rings. The zero-order valence-electron chi connectivity index (χ0n) is 39.0. The van der Waals surface area contributed by atoms with Gasteiger partial charge >= 0.3 is 5.97 Å². The average molecular weight is 828 g/mol. The van der Waals surface area contributed by atoms with Crippen LogP contribution in [0.15, 0.2) is 48.6 Å². The van der Waals surface area contributed by atoms with Crippen molar-refractivity contribution < 1.29 is 24.5 Å². The van der Waals surface area contributed by atoms with Gasteiger partial charge in [0.2, 0.25) is 5.91 Å². The Kier molecular flexibility index (Phi) is 46.7. The highest BCUT2D eigenvalue weighted by molar-refractivity contribution is 5.76. The van der Waals surface area contributed by atoms with Crippen molar-refractivity contribution in [2.24, 2.45) is 0 Å². The predicted octanol–water partition coefficient (Wildman–Crippen LogP) is 15.1. The van der Waals surface area contributed by atoms with Gasteiger partial charge in [0.25, 0.3) is 0 Å². The lowest BCUT2D eigenvalue weighted by molar-refractivity contribution is -0.143. The van der Waals surface area contributed by atoms with Crippen LogP contribution >= 0.6 is 0 Å². The summed E-state index contributed by atoms with van der Waals surface area (Å²) in [4.78, 5) is 24.4. The molecular formula is C53H97NO5. The number of aliphatic hydroxyl groups excluding tert-OH is 2. The molecule has 0 aliphatic carbocycles. The van der Waals surface area contributed by atoms with Crippen molar-refractivity contribution in [3.8, 4) is 0 Å². The molecule has 6 heteroatoms. The van der Waals surface area contributed by atoms with Gasteiger partial charge in [-0.25, -0.2) is 0 Å². The molecule has 0 bridgehead atoms. The molecule has 2 unspecified atom stereocenters. The second-order valence-electron chi connectivity index (χ2n) is 17.1. The lowest BCUT2D eigenvalue weighted by Gasteiger charge is -2.19. The number of amides is 1. The molecule has 0 aromatic carbocycles. The largest absolute Gasteiger partial charge is 0.466 e. The molecular weight excluding hydrogens is 731 g/mol. The average Bonchev–Trinajstić information content (AvgIpc) is 3.24. The Balaban J connectivity index is 3.52. The Morgan fingerprint density at radius 3 is 1.34 bits per heavy atom. The van der Waals surface area contributed by atoms with Crippen LogP contribution in [0.3, 0.4) is 0 Å². The summed E-state index contributed by atoms with van der Waals surface area (Å²) in [5.74, 6) is -0.124. The normalized spacial score (nSPS) is 13.1. The number of hydrogen-bond acceptors (Lipinski definition) is 5. The number of ether oxygens (including phenoxy) is 1. The zero-order valence-corrected chi connectivity index (χ0v) is 39.0. The molecule has 0 spiro atoms. The first kappa shape index (κ1) is 56.8. The number of aliphatic hydroxyl groups is 2. The summed E-state index contributed by atoms with van der Waals surface area (Å²) in [6.45, 7) is 4.81. The molecule has 3 N–H and O–H groups in total. The second kappa shape index (κ2) is 48.5. The topological polar surface area (TPSA) is 95.9 Å². The molecule has 0 rings (SSSR count). The molecule has 344 valence electrons. The lowest BCUT2D eigenvalue weighted by Crippen LogP contribution is -2.45. The number of hydrogen-bond donors (Lipinski definition) is 3. The molecule has 0 heterocycles. The Bertz CT molecular complexity index is 1000. The minimum atomic E-state index is -0.861. The summed E-state index contributed by atoms with van der Waals surface area (Å²) in [7, 11) is 0. The SMILES string of the molecule is CCCCCC/C=C\C/C=C\CCCCCCCCCC(=O)OCCCCCCCC/C=C\CCCCCC(=O)NC(CO)C(O)/C=C/CCCCCCCCCCC. The maximum absolute atomic E-state index is 12.4. The number of nitrogens with one attached hydrogen (secondary N) is 1. The Morgan fingerprint density at radius 2 is 0.847 bits per heavy atom. The van der Waals surface area contributed by atoms with E-state index in [0.29, 0.717) is 19.4 Å². The van der Waals surface area contributed by atoms with Gasteiger partial charge < -0.3 is 20.3 Å². The Labute approximate surface area is 366 Å². The van der Waals surface area contributed by atoms with Crippen molar-refractivity contribution in [1.29, 1.82) is 0 Å². The zero-order chi connectivity index (χ0) is 43.0. The van der Waals surface area contributed by atoms with E-state index in [9.17, 15) is 19.8 Å². The van der Waals surface area contributed by atoms with Gasteiger partial charge in [-0.1, -0.05) is 197 Å². The van der Waals surface area contributed by atoms with Crippen molar-refractivity contribution in [2.75, 3.05) is 13.2 Å². The van der Waals surface area contributed by atoms with Crippen LogP contribution in [0, 0.1) is 0 Å². The quantitative estimate of drug-likeness (QED) is 0.0323. The van der Waals surface area contributed by atoms with E-state index in [-0.39, 0.29) is 18.5 Å². The second-order valence-corrected chi connectivity index (χ2v) is 17.1. The highest BCUT2D eigenvalue weighted by atomic mass is 16.5. The highest BCUT2D eigenvalue weighted by Gasteiger charge is 2.18. The van der Waals surface area contributed by atoms with Crippen molar-refractivity contribution in [1.82, 2.24) is 5.32 Å². The first-order valence-corrected chi connectivity index (χ1v) is 25.4. The van der Waals surface area contributed by atoms with Crippen molar-refractivity contribution >= 4 is 11.9 Å². The number of carbonyl (C=O) groups excluding carboxylic acids is 2. The summed E-state index contributed by atoms with van der Waals surface area (Å²) in [6.07, 6.45) is 59.7. The Morgan fingerprint density at radius 1 is 0.475 bits per heavy atom. The minimum absolute atomic E-state index is 0.0226. The molecule has 2 atom stereocenters. The van der Waals surface area contributed by atoms with Crippen LogP contribution in [0.2, 0.25) is 0 Å². The van der Waals surface area contributed by atoms with E-state index < -0.39 is 12.1 Å². The van der Waals surface area contributed by atoms with Crippen molar-refractivity contribution in [3.05, 3.63) is 48.6 Å². The number of carbonyl (C=O) groups is 2. The number of esters is 1. The van der Waals surface area contributed by atoms with Gasteiger partial charge in [0.15, 0.2) is 0 Å². The predicted molar refractivity (Wildman–Crippen MR) is 255 cm³/mol. The smallest absolute Gasteiger partial charge is 0.305 e. The third-order valence-corrected chi connectivity index (χ3v) is 11.3. The van der Waals surface area contributed by atoms with E-state index in [1.165, 1.54) is 148 Å². The first-order chi connectivity index (χ1) is 29.0. The van der Waals surface area contributed by atoms with Crippen LogP contribution < -0.4 is 5.32 Å². The van der Waals surface area contributed by atoms with E-state index in [2.05, 4.69) is 55.6 Å². The van der Waals surface area contributed by atoms with Crippen LogP contribution in [0.4, 0.5) is 0 Å². The standard InChI is InChI=1S/C53H97NO5/c1-3-5-7-9-11-13-15-16-17-18-19-20-23-27-31-35-39-43-47-53(58)59-48-44-40-36-32-28-24-21-22-26-30-34-38-42-46-52(57)54-50(49-55)51(56)45-41-37-33-29-25-14-12-10-8-6-4-2/h13,15,17-18,22,26,41,45,50-51,55-56H,3-12,14,16,19-21,23-25,27-40,42-44,46-49H2,1-2H3,(H,54,57)/b15-13-,18-17-,26-22-,45-41+. The Hall–Kier alpha value is -2.18. The fraction of sp³-hybridized carbons (Fsp3) is 0.811. The summed E-state index contributed by atoms with van der Waals surface area (Å²) < 4.78 is 5.46. The van der Waals surface area contributed by atoms with Crippen molar-refractivity contribution in [3.63, 3.8) is 0 Å². The van der Waals surface area contributed by atoms with E-state index in [0.717, 1.165) is 77.0 Å². The first-order valence-electron chi connectivity index (χ1n) is 25.4. The summed E-state index contributed by atoms with van der Waals surface area (Å²) in [5.41, 5.74) is 0. The van der Waals surface area contributed by atoms with E-state index in [4.69, 9.17) is 4.74 Å². The molecule has 1 amide bonds. The van der Waals surface area contributed by atoms with Crippen molar-refractivity contribution in [2.45, 2.75) is 264 Å². The maximum atomic E-state index is 12.4. The third kappa shape index (κ3) is 45.2. The van der Waals surface area contributed by atoms with Gasteiger partial charge in [-0.05, 0) is 89.9 Å². The highest BCUT2D eigenvalue weighted by Crippen LogP contribution is 2.14. The molecule has 6 nitrogen and oxygen atoms in total. The van der Waals surface area contributed by atoms with Gasteiger partial charge in [0.05, 0.1) is 25.4 Å². The molecule has 0 radical (unpaired) electrons. The summed E-state index contributed by atoms with van der Waals surface area (Å²) in [5, 5.41) is 22.9. The lowest BCUT2D eigenvalue weighted by atomic mass is 10.1. The van der Waals surface area contributed by atoms with Crippen LogP contribution in [0.25, 0.3) is 0 Å². The fourth-order valence-electron chi connectivity index (χ4n) is 7.36. The molecule has 0 aliphatic heterocycles. The van der Waals surface area contributed by atoms with E-state index in [1.807, 2.05) is 6.08 Å². The van der Waals surface area contributed by atoms with Crippen LogP contribution in [-0.2, 0) is 14.3 Å². The number of allylic oxidation sites excluding steroid dienone is 7. The van der Waals surface area contributed by atoms with E-state index in [1.54, 1.807) is 6.08 Å². The molecule has 0 fully saturated rings. The van der Waals surface area contributed by atoms with Crippen LogP contribution in [-0.4, -0.2) is 47.4 Å². The molecule has 0 aromatic heterocycles. The van der Waals surface area contributed by atoms with Gasteiger partial charge in [-0.2, -0.15) is 0 Å². The van der Waals surface area contributed by atoms with Gasteiger partial charge in [0, 0.05) is 12.8 Å². The minimum Gasteiger partial charge on any atom is -0.466 e. The van der Waals surface area contributed by atoms with Crippen LogP contribution in [0.5, 0.6) is 0 Å². The summed E-state index contributed by atoms with van der Waals surface area (Å²) in [6, 6.07) is -0.648. The van der Waals surface area contributed by atoms with Gasteiger partial charge in [-0.15, -0.1) is 0 Å². The molecule has 0 saturated heterocycles. The fourth-order valence-corrected chi connectivity index (χ4v) is 7.36. The monoisotopic (exact) mass is 828 g/mol. The molecule has 0 saturated carbocycles. The molecule has 59 heavy (non-hydrogen) atoms. The number of rotatable bonds is 46. The third-order valence-electron chi connectivity index (χ3n) is 11.3. The number of unbranched alkanes of at least 4 members (excludes halogenated alkanes) is 29. The maximum Gasteiger partial charge on any atom is 0.305 e.